The molecule has 0 bridgehead atoms. The zero-order chi connectivity index (χ0) is 21.3. The maximum atomic E-state index is 12.0. The average molecular weight is 412 g/mol. The van der Waals surface area contributed by atoms with Gasteiger partial charge in [-0.05, 0) is 29.8 Å². The molecular formula is C22H28N4O4. The number of nitrogens with one attached hydrogen (secondary N) is 1. The molecule has 3 rings (SSSR count). The van der Waals surface area contributed by atoms with Crippen LogP contribution in [0.1, 0.15) is 18.1 Å². The SMILES string of the molecule is CCN1CCN(Cc2ccc(CNC(=O)COc3ccc([N+](=O)[O-])cc3)cc2)CC1. The standard InChI is InChI=1S/C22H28N4O4/c1-2-24-11-13-25(14-12-24)16-19-5-3-18(4-6-19)15-23-22(27)17-30-21-9-7-20(8-10-21)26(28)29/h3-10H,2,11-17H2,1H3,(H,23,27). The van der Waals surface area contributed by atoms with Crippen molar-refractivity contribution in [1.29, 1.82) is 0 Å². The number of ether oxygens (including phenoxy) is 1. The summed E-state index contributed by atoms with van der Waals surface area (Å²) in [6.07, 6.45) is 0. The minimum absolute atomic E-state index is 0.0153. The number of nitro groups is 1. The number of nitro benzene ring substituents is 1. The van der Waals surface area contributed by atoms with Gasteiger partial charge in [0, 0.05) is 51.4 Å². The number of likely N-dealkylation sites (N-methyl/N-ethyl adjacent to an activating group) is 1. The average Bonchev–Trinajstić information content (AvgIpc) is 2.78. The highest BCUT2D eigenvalue weighted by Crippen LogP contribution is 2.17. The Labute approximate surface area is 176 Å². The van der Waals surface area contributed by atoms with Gasteiger partial charge in [-0.25, -0.2) is 0 Å². The minimum Gasteiger partial charge on any atom is -0.484 e. The zero-order valence-electron chi connectivity index (χ0n) is 17.3. The van der Waals surface area contributed by atoms with Crippen molar-refractivity contribution in [3.05, 3.63) is 69.8 Å². The summed E-state index contributed by atoms with van der Waals surface area (Å²) in [6, 6.07) is 13.9. The van der Waals surface area contributed by atoms with Gasteiger partial charge >= 0.3 is 0 Å². The number of hydrogen-bond donors (Lipinski definition) is 1. The number of non-ortho nitro benzene ring substituents is 1. The summed E-state index contributed by atoms with van der Waals surface area (Å²) < 4.78 is 5.37. The summed E-state index contributed by atoms with van der Waals surface area (Å²) in [5.74, 6) is 0.172. The highest BCUT2D eigenvalue weighted by molar-refractivity contribution is 5.77. The highest BCUT2D eigenvalue weighted by Gasteiger charge is 2.15. The van der Waals surface area contributed by atoms with Crippen LogP contribution in [-0.4, -0.2) is 60.0 Å². The Morgan fingerprint density at radius 1 is 1.00 bits per heavy atom. The summed E-state index contributed by atoms with van der Waals surface area (Å²) in [5, 5.41) is 13.5. The maximum Gasteiger partial charge on any atom is 0.269 e. The molecule has 1 N–H and O–H groups in total. The Morgan fingerprint density at radius 3 is 2.20 bits per heavy atom. The molecule has 1 amide bonds. The Bertz CT molecular complexity index is 831. The smallest absolute Gasteiger partial charge is 0.269 e. The van der Waals surface area contributed by atoms with Crippen LogP contribution in [0.3, 0.4) is 0 Å². The van der Waals surface area contributed by atoms with Crippen molar-refractivity contribution in [1.82, 2.24) is 15.1 Å². The van der Waals surface area contributed by atoms with Gasteiger partial charge in [-0.2, -0.15) is 0 Å². The van der Waals surface area contributed by atoms with E-state index in [9.17, 15) is 14.9 Å². The molecular weight excluding hydrogens is 384 g/mol. The van der Waals surface area contributed by atoms with Crippen molar-refractivity contribution < 1.29 is 14.5 Å². The lowest BCUT2D eigenvalue weighted by Gasteiger charge is -2.34. The van der Waals surface area contributed by atoms with Gasteiger partial charge in [0.2, 0.25) is 0 Å². The number of rotatable bonds is 9. The van der Waals surface area contributed by atoms with Gasteiger partial charge in [-0.3, -0.25) is 19.8 Å². The fourth-order valence-corrected chi connectivity index (χ4v) is 3.35. The molecule has 1 aliphatic heterocycles. The number of nitrogens with zero attached hydrogens (tertiary/aromatic N) is 3. The van der Waals surface area contributed by atoms with E-state index in [0.29, 0.717) is 12.3 Å². The van der Waals surface area contributed by atoms with Crippen LogP contribution in [0.25, 0.3) is 0 Å². The lowest BCUT2D eigenvalue weighted by molar-refractivity contribution is -0.384. The number of carbonyl (C=O) groups excluding carboxylic acids is 1. The van der Waals surface area contributed by atoms with Crippen molar-refractivity contribution in [3.8, 4) is 5.75 Å². The maximum absolute atomic E-state index is 12.0. The molecule has 160 valence electrons. The molecule has 2 aromatic rings. The van der Waals surface area contributed by atoms with Crippen LogP contribution in [0, 0.1) is 10.1 Å². The molecule has 0 saturated carbocycles. The molecule has 0 radical (unpaired) electrons. The number of amides is 1. The molecule has 8 nitrogen and oxygen atoms in total. The topological polar surface area (TPSA) is 88.0 Å². The molecule has 0 aromatic heterocycles. The van der Waals surface area contributed by atoms with Crippen LogP contribution in [0.5, 0.6) is 5.75 Å². The van der Waals surface area contributed by atoms with Crippen molar-refractivity contribution in [2.24, 2.45) is 0 Å². The first-order valence-corrected chi connectivity index (χ1v) is 10.2. The van der Waals surface area contributed by atoms with Crippen LogP contribution in [0.15, 0.2) is 48.5 Å². The van der Waals surface area contributed by atoms with E-state index in [1.165, 1.54) is 29.8 Å². The Balaban J connectivity index is 1.38. The van der Waals surface area contributed by atoms with E-state index in [0.717, 1.165) is 44.8 Å². The number of piperazine rings is 1. The molecule has 0 atom stereocenters. The van der Waals surface area contributed by atoms with Gasteiger partial charge < -0.3 is 15.0 Å². The van der Waals surface area contributed by atoms with E-state index in [2.05, 4.69) is 34.2 Å². The Morgan fingerprint density at radius 2 is 1.60 bits per heavy atom. The molecule has 1 heterocycles. The molecule has 0 aliphatic carbocycles. The predicted molar refractivity (Wildman–Crippen MR) is 114 cm³/mol. The first-order valence-electron chi connectivity index (χ1n) is 10.2. The van der Waals surface area contributed by atoms with Crippen molar-refractivity contribution in [2.45, 2.75) is 20.0 Å². The molecule has 8 heteroatoms. The Hall–Kier alpha value is -2.97. The fourth-order valence-electron chi connectivity index (χ4n) is 3.35. The van der Waals surface area contributed by atoms with E-state index in [1.54, 1.807) is 0 Å². The summed E-state index contributed by atoms with van der Waals surface area (Å²) in [5.41, 5.74) is 2.29. The third-order valence-electron chi connectivity index (χ3n) is 5.25. The summed E-state index contributed by atoms with van der Waals surface area (Å²) in [6.45, 7) is 9.01. The van der Waals surface area contributed by atoms with Crippen LogP contribution in [0.2, 0.25) is 0 Å². The van der Waals surface area contributed by atoms with Crippen molar-refractivity contribution in [3.63, 3.8) is 0 Å². The number of benzene rings is 2. The van der Waals surface area contributed by atoms with E-state index in [4.69, 9.17) is 4.74 Å². The van der Waals surface area contributed by atoms with E-state index >= 15 is 0 Å². The number of hydrogen-bond acceptors (Lipinski definition) is 6. The van der Waals surface area contributed by atoms with E-state index in [-0.39, 0.29) is 18.2 Å². The van der Waals surface area contributed by atoms with E-state index < -0.39 is 4.92 Å². The van der Waals surface area contributed by atoms with Crippen LogP contribution in [0.4, 0.5) is 5.69 Å². The van der Waals surface area contributed by atoms with E-state index in [1.807, 2.05) is 12.1 Å². The molecule has 1 saturated heterocycles. The molecule has 1 aliphatic rings. The first kappa shape index (κ1) is 21.7. The van der Waals surface area contributed by atoms with Crippen LogP contribution in [-0.2, 0) is 17.9 Å². The molecule has 2 aromatic carbocycles. The van der Waals surface area contributed by atoms with Gasteiger partial charge in [0.25, 0.3) is 11.6 Å². The van der Waals surface area contributed by atoms with Gasteiger partial charge in [0.1, 0.15) is 5.75 Å². The molecule has 0 spiro atoms. The third kappa shape index (κ3) is 6.53. The quantitative estimate of drug-likeness (QED) is 0.503. The Kier molecular flexibility index (Phi) is 7.75. The second-order valence-electron chi connectivity index (χ2n) is 7.34. The van der Waals surface area contributed by atoms with Crippen molar-refractivity contribution >= 4 is 11.6 Å². The van der Waals surface area contributed by atoms with Gasteiger partial charge in [-0.15, -0.1) is 0 Å². The van der Waals surface area contributed by atoms with Crippen molar-refractivity contribution in [2.75, 3.05) is 39.3 Å². The number of carbonyl (C=O) groups is 1. The molecule has 30 heavy (non-hydrogen) atoms. The zero-order valence-corrected chi connectivity index (χ0v) is 17.3. The van der Waals surface area contributed by atoms with Gasteiger partial charge in [0.05, 0.1) is 4.92 Å². The molecule has 1 fully saturated rings. The largest absolute Gasteiger partial charge is 0.484 e. The lowest BCUT2D eigenvalue weighted by Crippen LogP contribution is -2.45. The molecule has 0 unspecified atom stereocenters. The van der Waals surface area contributed by atoms with Gasteiger partial charge in [0.15, 0.2) is 6.61 Å². The monoisotopic (exact) mass is 412 g/mol. The second-order valence-corrected chi connectivity index (χ2v) is 7.34. The summed E-state index contributed by atoms with van der Waals surface area (Å²) in [4.78, 5) is 27.1. The van der Waals surface area contributed by atoms with Gasteiger partial charge in [-0.1, -0.05) is 31.2 Å². The summed E-state index contributed by atoms with van der Waals surface area (Å²) >= 11 is 0. The van der Waals surface area contributed by atoms with Crippen LogP contribution < -0.4 is 10.1 Å². The van der Waals surface area contributed by atoms with Crippen LogP contribution >= 0.6 is 0 Å². The third-order valence-corrected chi connectivity index (χ3v) is 5.25. The lowest BCUT2D eigenvalue weighted by atomic mass is 10.1. The fraction of sp³-hybridized carbons (Fsp3) is 0.409. The second kappa shape index (κ2) is 10.7. The first-order chi connectivity index (χ1) is 14.5. The minimum atomic E-state index is -0.478. The predicted octanol–water partition coefficient (Wildman–Crippen LogP) is 2.43. The normalized spacial score (nSPS) is 15.0. The highest BCUT2D eigenvalue weighted by atomic mass is 16.6. The summed E-state index contributed by atoms with van der Waals surface area (Å²) in [7, 11) is 0.